The van der Waals surface area contributed by atoms with Gasteiger partial charge >= 0.3 is 6.03 Å². The van der Waals surface area contributed by atoms with Crippen molar-refractivity contribution in [2.24, 2.45) is 29.4 Å². The zero-order valence-electron chi connectivity index (χ0n) is 22.3. The van der Waals surface area contributed by atoms with Gasteiger partial charge < -0.3 is 31.3 Å². The smallest absolute Gasteiger partial charge is 0.321 e. The number of Topliss-reactive ketones (excluding diaryl/α,β-unsaturated/α-hetero) is 4. The van der Waals surface area contributed by atoms with Gasteiger partial charge in [-0.25, -0.2) is 4.79 Å². The first-order valence-corrected chi connectivity index (χ1v) is 13.2. The first-order chi connectivity index (χ1) is 18.7. The number of benzene rings is 1. The maximum atomic E-state index is 14.0. The van der Waals surface area contributed by atoms with Crippen molar-refractivity contribution in [3.05, 3.63) is 23.3 Å². The van der Waals surface area contributed by atoms with Crippen molar-refractivity contribution in [2.75, 3.05) is 32.5 Å². The maximum Gasteiger partial charge on any atom is 0.321 e. The van der Waals surface area contributed by atoms with Crippen LogP contribution in [0.25, 0.3) is 0 Å². The lowest BCUT2D eigenvalue weighted by Crippen LogP contribution is -2.77. The van der Waals surface area contributed by atoms with Gasteiger partial charge in [-0.2, -0.15) is 0 Å². The number of phenolic OH excluding ortho intramolecular Hbond substituents is 1. The van der Waals surface area contributed by atoms with Crippen molar-refractivity contribution in [2.45, 2.75) is 43.4 Å². The fraction of sp³-hybridized carbons (Fsp3) is 0.556. The zero-order chi connectivity index (χ0) is 29.4. The molecule has 3 amide bonds. The van der Waals surface area contributed by atoms with E-state index >= 15 is 0 Å². The lowest BCUT2D eigenvalue weighted by molar-refractivity contribution is -0.196. The summed E-state index contributed by atoms with van der Waals surface area (Å²) >= 11 is 0. The fourth-order valence-electron chi connectivity index (χ4n) is 7.29. The van der Waals surface area contributed by atoms with E-state index in [1.165, 1.54) is 31.1 Å². The van der Waals surface area contributed by atoms with Gasteiger partial charge in [0.25, 0.3) is 0 Å². The Morgan fingerprint density at radius 1 is 1.10 bits per heavy atom. The number of rotatable bonds is 3. The summed E-state index contributed by atoms with van der Waals surface area (Å²) in [5.74, 6) is -14.2. The second-order valence-electron chi connectivity index (χ2n) is 11.4. The Labute approximate surface area is 229 Å². The topological polar surface area (TPSA) is 208 Å². The third kappa shape index (κ3) is 3.64. The predicted molar refractivity (Wildman–Crippen MR) is 137 cm³/mol. The Kier molecular flexibility index (Phi) is 6.59. The van der Waals surface area contributed by atoms with E-state index in [9.17, 15) is 44.1 Å². The Bertz CT molecular complexity index is 1350. The molecule has 6 N–H and O–H groups in total. The third-order valence-electron chi connectivity index (χ3n) is 9.10. The molecule has 3 aliphatic carbocycles. The maximum absolute atomic E-state index is 14.0. The number of aliphatic hydroxyl groups is 2. The summed E-state index contributed by atoms with van der Waals surface area (Å²) in [6, 6.07) is 0.755. The molecule has 8 unspecified atom stereocenters. The van der Waals surface area contributed by atoms with Crippen molar-refractivity contribution < 1.29 is 44.1 Å². The zero-order valence-corrected chi connectivity index (χ0v) is 22.3. The molecule has 1 aliphatic heterocycles. The third-order valence-corrected chi connectivity index (χ3v) is 9.10. The normalized spacial score (nSPS) is 35.4. The number of phenols is 1. The molecule has 0 bridgehead atoms. The number of primary amides is 1. The number of hydrogen-bond donors (Lipinski definition) is 5. The van der Waals surface area contributed by atoms with Crippen LogP contribution in [0.2, 0.25) is 0 Å². The highest BCUT2D eigenvalue weighted by atomic mass is 16.3. The van der Waals surface area contributed by atoms with Gasteiger partial charge in [0.1, 0.15) is 5.75 Å². The number of aliphatic hydroxyl groups excluding tert-OH is 1. The summed E-state index contributed by atoms with van der Waals surface area (Å²) < 4.78 is 0. The number of carbonyl (C=O) groups is 6. The van der Waals surface area contributed by atoms with E-state index in [4.69, 9.17) is 5.73 Å². The lowest BCUT2D eigenvalue weighted by Gasteiger charge is -2.56. The lowest BCUT2D eigenvalue weighted by atomic mass is 9.49. The Balaban J connectivity index is 1.65. The van der Waals surface area contributed by atoms with Gasteiger partial charge in [0.05, 0.1) is 29.5 Å². The van der Waals surface area contributed by atoms with Crippen LogP contribution < -0.4 is 11.1 Å². The number of anilines is 1. The van der Waals surface area contributed by atoms with E-state index in [1.807, 2.05) is 0 Å². The largest absolute Gasteiger partial charge is 0.507 e. The van der Waals surface area contributed by atoms with E-state index < -0.39 is 88.2 Å². The predicted octanol–water partition coefficient (Wildman–Crippen LogP) is -0.973. The van der Waals surface area contributed by atoms with Crippen molar-refractivity contribution in [1.82, 2.24) is 9.80 Å². The molecule has 0 radical (unpaired) electrons. The van der Waals surface area contributed by atoms with Gasteiger partial charge in [0, 0.05) is 24.7 Å². The number of nitrogens with one attached hydrogen (secondary N) is 1. The minimum atomic E-state index is -3.06. The van der Waals surface area contributed by atoms with Crippen molar-refractivity contribution in [3.8, 4) is 5.75 Å². The number of aromatic hydroxyl groups is 1. The van der Waals surface area contributed by atoms with Gasteiger partial charge in [0.2, 0.25) is 5.91 Å². The highest BCUT2D eigenvalue weighted by molar-refractivity contribution is 6.32. The summed E-state index contributed by atoms with van der Waals surface area (Å²) in [6.07, 6.45) is -0.0581. The van der Waals surface area contributed by atoms with Crippen molar-refractivity contribution in [3.63, 3.8) is 0 Å². The number of amides is 3. The molecular formula is C27H32N4O9. The molecule has 5 rings (SSSR count). The van der Waals surface area contributed by atoms with Crippen LogP contribution in [0, 0.1) is 23.7 Å². The molecule has 214 valence electrons. The molecule has 1 heterocycles. The van der Waals surface area contributed by atoms with Crippen LogP contribution in [0.5, 0.6) is 5.75 Å². The first-order valence-electron chi connectivity index (χ1n) is 13.2. The molecule has 1 aromatic carbocycles. The van der Waals surface area contributed by atoms with E-state index in [0.717, 1.165) is 12.8 Å². The van der Waals surface area contributed by atoms with Gasteiger partial charge in [-0.05, 0) is 50.6 Å². The average molecular weight is 557 g/mol. The van der Waals surface area contributed by atoms with Gasteiger partial charge in [-0.1, -0.05) is 6.92 Å². The molecule has 4 aliphatic rings. The number of likely N-dealkylation sites (N-methyl/N-ethyl adjacent to an activating group) is 1. The summed E-state index contributed by atoms with van der Waals surface area (Å²) in [6.45, 7) is 2.70. The number of nitrogens with two attached hydrogens (primary N) is 1. The van der Waals surface area contributed by atoms with Crippen LogP contribution >= 0.6 is 0 Å². The van der Waals surface area contributed by atoms with Crippen LogP contribution in [0.3, 0.4) is 0 Å². The summed E-state index contributed by atoms with van der Waals surface area (Å²) in [5.41, 5.74) is 2.38. The van der Waals surface area contributed by atoms with Crippen molar-refractivity contribution >= 4 is 40.8 Å². The molecule has 2 saturated carbocycles. The average Bonchev–Trinajstić information content (AvgIpc) is 3.42. The molecule has 13 heteroatoms. The second-order valence-corrected chi connectivity index (χ2v) is 11.4. The second kappa shape index (κ2) is 9.46. The molecule has 13 nitrogen and oxygen atoms in total. The Morgan fingerprint density at radius 3 is 2.30 bits per heavy atom. The highest BCUT2D eigenvalue weighted by Gasteiger charge is 2.73. The van der Waals surface area contributed by atoms with Gasteiger partial charge in [-0.15, -0.1) is 0 Å². The highest BCUT2D eigenvalue weighted by Crippen LogP contribution is 2.55. The summed E-state index contributed by atoms with van der Waals surface area (Å²) in [5, 5.41) is 36.9. The molecule has 3 fully saturated rings. The van der Waals surface area contributed by atoms with E-state index in [2.05, 4.69) is 5.32 Å². The van der Waals surface area contributed by atoms with E-state index in [-0.39, 0.29) is 16.8 Å². The number of likely N-dealkylation sites (tertiary alicyclic amines) is 1. The van der Waals surface area contributed by atoms with Crippen LogP contribution in [0.15, 0.2) is 12.1 Å². The SMILES string of the molecule is CC1c2c(NC(=O)N3CCCC3)ccc(O)c2C(=O)C2C(=O)C3(O)C(=O)C(C(N)=O)C(=O)C(N(C)C)C3C(O)C21. The van der Waals surface area contributed by atoms with Gasteiger partial charge in [0.15, 0.2) is 34.7 Å². The van der Waals surface area contributed by atoms with Crippen LogP contribution in [-0.2, 0) is 19.2 Å². The molecule has 0 spiro atoms. The number of hydrogen-bond acceptors (Lipinski definition) is 10. The Hall–Kier alpha value is -3.68. The summed E-state index contributed by atoms with van der Waals surface area (Å²) in [7, 11) is 2.85. The number of nitrogens with zero attached hydrogens (tertiary/aromatic N) is 2. The van der Waals surface area contributed by atoms with Gasteiger partial charge in [-0.3, -0.25) is 28.9 Å². The molecule has 1 aromatic rings. The Morgan fingerprint density at radius 2 is 1.73 bits per heavy atom. The number of ketones is 4. The fourth-order valence-corrected chi connectivity index (χ4v) is 7.29. The van der Waals surface area contributed by atoms with E-state index in [0.29, 0.717) is 13.1 Å². The minimum Gasteiger partial charge on any atom is -0.507 e. The quantitative estimate of drug-likeness (QED) is 0.227. The number of carbonyl (C=O) groups excluding carboxylic acids is 6. The van der Waals surface area contributed by atoms with Crippen LogP contribution in [0.1, 0.15) is 41.6 Å². The molecule has 0 aromatic heterocycles. The first kappa shape index (κ1) is 27.9. The standard InChI is InChI=1S/C27H32N4O9/c1-10-13-11(29-26(39)31-8-4-5-9-31)6-7-12(32)15(13)20(33)16-14(10)21(34)18-19(30(2)3)22(35)17(25(28)38)24(37)27(18,40)23(16)36/h6-7,10,14,16-19,21,32,34,40H,4-5,8-9H2,1-3H3,(H2,28,38)(H,29,39). The molecule has 40 heavy (non-hydrogen) atoms. The minimum absolute atomic E-state index is 0.195. The van der Waals surface area contributed by atoms with Crippen LogP contribution in [0.4, 0.5) is 10.5 Å². The number of urea groups is 1. The summed E-state index contributed by atoms with van der Waals surface area (Å²) in [4.78, 5) is 82.4. The van der Waals surface area contributed by atoms with Crippen molar-refractivity contribution in [1.29, 1.82) is 0 Å². The molecule has 1 saturated heterocycles. The van der Waals surface area contributed by atoms with Crippen LogP contribution in [-0.4, -0.2) is 105 Å². The monoisotopic (exact) mass is 556 g/mol. The molecule has 8 atom stereocenters. The molecular weight excluding hydrogens is 524 g/mol. The number of fused-ring (bicyclic) bond motifs is 3. The van der Waals surface area contributed by atoms with E-state index in [1.54, 1.807) is 11.8 Å².